The molecule has 5 nitrogen and oxygen atoms in total. The summed E-state index contributed by atoms with van der Waals surface area (Å²) in [5.41, 5.74) is 1.48. The summed E-state index contributed by atoms with van der Waals surface area (Å²) < 4.78 is 0. The standard InChI is InChI=1S/C30H38Cl2N4OS/c1-19(2)24-25(27(37)35-17-7-8-23(35)18-34(5)6)38-28-33-30(4,29(3)15-13-22(32)14-16-29)26(36(24)28)20-9-11-21(31)12-10-20/h9-15,19,23,26H,7-8,16-18H2,1-6H3/t23-,26?,29?,30?/m0/s1. The average Bonchev–Trinajstić information content (AvgIpc) is 3.53. The Kier molecular flexibility index (Phi) is 7.58. The lowest BCUT2D eigenvalue weighted by Gasteiger charge is -2.47. The highest BCUT2D eigenvalue weighted by molar-refractivity contribution is 8.18. The number of amides is 1. The Bertz CT molecular complexity index is 1240. The summed E-state index contributed by atoms with van der Waals surface area (Å²) in [5, 5.41) is 2.39. The van der Waals surface area contributed by atoms with E-state index in [-0.39, 0.29) is 29.3 Å². The van der Waals surface area contributed by atoms with Crippen molar-refractivity contribution in [2.75, 3.05) is 27.2 Å². The molecule has 0 N–H and O–H groups in total. The third-order valence-electron chi connectivity index (χ3n) is 8.64. The molecule has 1 aromatic carbocycles. The van der Waals surface area contributed by atoms with Crippen LogP contribution >= 0.6 is 35.0 Å². The van der Waals surface area contributed by atoms with Crippen molar-refractivity contribution in [1.82, 2.24) is 14.7 Å². The first-order valence-corrected chi connectivity index (χ1v) is 15.1. The number of hydrogen-bond acceptors (Lipinski definition) is 5. The van der Waals surface area contributed by atoms with Gasteiger partial charge < -0.3 is 14.7 Å². The van der Waals surface area contributed by atoms with Crippen molar-refractivity contribution < 1.29 is 4.79 Å². The number of nitrogens with zero attached hydrogens (tertiary/aromatic N) is 4. The van der Waals surface area contributed by atoms with E-state index in [4.69, 9.17) is 28.2 Å². The van der Waals surface area contributed by atoms with Gasteiger partial charge in [0.2, 0.25) is 0 Å². The lowest BCUT2D eigenvalue weighted by Crippen LogP contribution is -2.48. The smallest absolute Gasteiger partial charge is 0.262 e. The van der Waals surface area contributed by atoms with Crippen molar-refractivity contribution >= 4 is 46.0 Å². The number of rotatable bonds is 6. The summed E-state index contributed by atoms with van der Waals surface area (Å²) >= 11 is 14.2. The number of carbonyl (C=O) groups excluding carboxylic acids is 1. The van der Waals surface area contributed by atoms with Gasteiger partial charge in [-0.2, -0.15) is 0 Å². The fourth-order valence-corrected chi connectivity index (χ4v) is 8.05. The molecule has 3 aliphatic heterocycles. The summed E-state index contributed by atoms with van der Waals surface area (Å²) in [5.74, 6) is 0.306. The molecule has 0 bridgehead atoms. The van der Waals surface area contributed by atoms with Gasteiger partial charge in [0.15, 0.2) is 5.17 Å². The molecule has 0 saturated carbocycles. The van der Waals surface area contributed by atoms with Crippen LogP contribution < -0.4 is 0 Å². The molecule has 204 valence electrons. The highest BCUT2D eigenvalue weighted by Crippen LogP contribution is 2.59. The fraction of sp³-hybridized carbons (Fsp3) is 0.533. The van der Waals surface area contributed by atoms with Crippen LogP contribution in [0.4, 0.5) is 0 Å². The Morgan fingerprint density at radius 1 is 1.21 bits per heavy atom. The van der Waals surface area contributed by atoms with Crippen LogP contribution in [0.1, 0.15) is 58.6 Å². The molecule has 5 rings (SSSR count). The second-order valence-corrected chi connectivity index (χ2v) is 13.8. The van der Waals surface area contributed by atoms with Crippen LogP contribution in [-0.4, -0.2) is 64.5 Å². The van der Waals surface area contributed by atoms with Crippen molar-refractivity contribution in [2.45, 2.75) is 64.6 Å². The Morgan fingerprint density at radius 3 is 2.53 bits per heavy atom. The van der Waals surface area contributed by atoms with Crippen molar-refractivity contribution in [3.8, 4) is 0 Å². The second kappa shape index (κ2) is 10.3. The lowest BCUT2D eigenvalue weighted by atomic mass is 9.63. The second-order valence-electron chi connectivity index (χ2n) is 11.9. The molecule has 1 fully saturated rings. The van der Waals surface area contributed by atoms with E-state index in [1.165, 1.54) is 0 Å². The highest BCUT2D eigenvalue weighted by atomic mass is 35.5. The van der Waals surface area contributed by atoms with Crippen molar-refractivity contribution in [3.63, 3.8) is 0 Å². The lowest BCUT2D eigenvalue weighted by molar-refractivity contribution is -0.127. The number of halogens is 2. The van der Waals surface area contributed by atoms with Crippen LogP contribution in [0.15, 0.2) is 63.1 Å². The Labute approximate surface area is 241 Å². The normalized spacial score (nSPS) is 31.0. The van der Waals surface area contributed by atoms with E-state index in [0.29, 0.717) is 5.02 Å². The van der Waals surface area contributed by atoms with E-state index in [1.807, 2.05) is 18.2 Å². The van der Waals surface area contributed by atoms with Crippen LogP contribution in [-0.2, 0) is 4.79 Å². The van der Waals surface area contributed by atoms with Crippen LogP contribution in [0.3, 0.4) is 0 Å². The van der Waals surface area contributed by atoms with Gasteiger partial charge >= 0.3 is 0 Å². The Morgan fingerprint density at radius 2 is 1.92 bits per heavy atom. The third-order valence-corrected chi connectivity index (χ3v) is 10.2. The molecule has 0 radical (unpaired) electrons. The van der Waals surface area contributed by atoms with Gasteiger partial charge in [-0.1, -0.05) is 68.3 Å². The van der Waals surface area contributed by atoms with Gasteiger partial charge in [-0.15, -0.1) is 0 Å². The molecular formula is C30H38Cl2N4OS. The minimum atomic E-state index is -0.483. The fourth-order valence-electron chi connectivity index (χ4n) is 6.42. The van der Waals surface area contributed by atoms with E-state index >= 15 is 0 Å². The van der Waals surface area contributed by atoms with E-state index in [0.717, 1.165) is 58.7 Å². The zero-order valence-electron chi connectivity index (χ0n) is 23.2. The minimum Gasteiger partial charge on any atom is -0.334 e. The van der Waals surface area contributed by atoms with Gasteiger partial charge in [0.05, 0.1) is 11.6 Å². The summed E-state index contributed by atoms with van der Waals surface area (Å²) in [6.45, 7) is 10.6. The topological polar surface area (TPSA) is 39.2 Å². The first-order valence-electron chi connectivity index (χ1n) is 13.5. The number of likely N-dealkylation sites (tertiary alicyclic amines) is 1. The Balaban J connectivity index is 1.60. The number of thioether (sulfide) groups is 1. The SMILES string of the molecule is CC(C)C1=C(C(=O)N2CCC[C@H]2CN(C)C)SC2=NC(C)(C3(C)C=CC(Cl)=CC3)C(c3ccc(Cl)cc3)N21. The first-order chi connectivity index (χ1) is 17.9. The average molecular weight is 574 g/mol. The first kappa shape index (κ1) is 27.8. The number of carbonyl (C=O) groups is 1. The zero-order chi connectivity index (χ0) is 27.4. The number of aliphatic imine (C=N–C) groups is 1. The maximum absolute atomic E-state index is 14.1. The van der Waals surface area contributed by atoms with Crippen LogP contribution in [0.2, 0.25) is 5.02 Å². The van der Waals surface area contributed by atoms with Gasteiger partial charge in [0.1, 0.15) is 4.91 Å². The molecular weight excluding hydrogens is 535 g/mol. The number of allylic oxidation sites excluding steroid dienone is 4. The van der Waals surface area contributed by atoms with Gasteiger partial charge in [-0.3, -0.25) is 9.79 Å². The quantitative estimate of drug-likeness (QED) is 0.365. The van der Waals surface area contributed by atoms with Gasteiger partial charge in [-0.05, 0) is 81.7 Å². The number of benzene rings is 1. The molecule has 0 spiro atoms. The van der Waals surface area contributed by atoms with E-state index in [9.17, 15) is 4.79 Å². The summed E-state index contributed by atoms with van der Waals surface area (Å²) in [7, 11) is 4.16. The van der Waals surface area contributed by atoms with E-state index < -0.39 is 5.54 Å². The molecule has 3 unspecified atom stereocenters. The van der Waals surface area contributed by atoms with Gasteiger partial charge in [-0.25, -0.2) is 0 Å². The monoisotopic (exact) mass is 572 g/mol. The number of hydrogen-bond donors (Lipinski definition) is 0. The Hall–Kier alpha value is -1.73. The predicted molar refractivity (Wildman–Crippen MR) is 160 cm³/mol. The van der Waals surface area contributed by atoms with Gasteiger partial charge in [0.25, 0.3) is 5.91 Å². The molecule has 8 heteroatoms. The zero-order valence-corrected chi connectivity index (χ0v) is 25.5. The summed E-state index contributed by atoms with van der Waals surface area (Å²) in [6, 6.07) is 8.29. The van der Waals surface area contributed by atoms with Gasteiger partial charge in [0, 0.05) is 40.3 Å². The highest BCUT2D eigenvalue weighted by Gasteiger charge is 2.59. The molecule has 1 aliphatic carbocycles. The molecule has 38 heavy (non-hydrogen) atoms. The summed E-state index contributed by atoms with van der Waals surface area (Å²) in [6.07, 6.45) is 9.21. The molecule has 0 aromatic heterocycles. The molecule has 1 aromatic rings. The van der Waals surface area contributed by atoms with Crippen LogP contribution in [0.25, 0.3) is 0 Å². The summed E-state index contributed by atoms with van der Waals surface area (Å²) in [4.78, 5) is 27.1. The molecule has 3 heterocycles. The van der Waals surface area contributed by atoms with Crippen LogP contribution in [0.5, 0.6) is 0 Å². The molecule has 1 saturated heterocycles. The number of amidine groups is 1. The number of fused-ring (bicyclic) bond motifs is 1. The number of likely N-dealkylation sites (N-methyl/N-ethyl adjacent to an activating group) is 1. The van der Waals surface area contributed by atoms with Crippen LogP contribution in [0, 0.1) is 11.3 Å². The molecule has 4 atom stereocenters. The largest absolute Gasteiger partial charge is 0.334 e. The van der Waals surface area contributed by atoms with Crippen molar-refractivity contribution in [1.29, 1.82) is 0 Å². The van der Waals surface area contributed by atoms with E-state index in [1.54, 1.807) is 11.8 Å². The van der Waals surface area contributed by atoms with Crippen molar-refractivity contribution in [2.24, 2.45) is 16.3 Å². The minimum absolute atomic E-state index is 0.0824. The maximum Gasteiger partial charge on any atom is 0.262 e. The van der Waals surface area contributed by atoms with E-state index in [2.05, 4.69) is 80.8 Å². The van der Waals surface area contributed by atoms with Crippen molar-refractivity contribution in [3.05, 3.63) is 68.7 Å². The third kappa shape index (κ3) is 4.66. The maximum atomic E-state index is 14.1. The molecule has 1 amide bonds. The predicted octanol–water partition coefficient (Wildman–Crippen LogP) is 7.07. The molecule has 4 aliphatic rings.